The van der Waals surface area contributed by atoms with Crippen molar-refractivity contribution >= 4 is 22.2 Å². The Bertz CT molecular complexity index is 1220. The van der Waals surface area contributed by atoms with Crippen LogP contribution in [0.2, 0.25) is 0 Å². The molecule has 1 aliphatic rings. The zero-order valence-electron chi connectivity index (χ0n) is 16.0. The van der Waals surface area contributed by atoms with Gasteiger partial charge in [-0.1, -0.05) is 0 Å². The van der Waals surface area contributed by atoms with Crippen LogP contribution in [0.1, 0.15) is 26.7 Å². The molecule has 1 aliphatic heterocycles. The van der Waals surface area contributed by atoms with E-state index in [2.05, 4.69) is 39.8 Å². The van der Waals surface area contributed by atoms with Gasteiger partial charge in [-0.05, 0) is 50.8 Å². The lowest BCUT2D eigenvalue weighted by Crippen LogP contribution is -2.36. The maximum atomic E-state index is 12.6. The number of rotatable bonds is 3. The van der Waals surface area contributed by atoms with E-state index < -0.39 is 0 Å². The van der Waals surface area contributed by atoms with Crippen molar-refractivity contribution in [1.82, 2.24) is 24.5 Å². The minimum Gasteiger partial charge on any atom is -0.376 e. The van der Waals surface area contributed by atoms with Crippen molar-refractivity contribution in [3.63, 3.8) is 0 Å². The van der Waals surface area contributed by atoms with Gasteiger partial charge in [-0.3, -0.25) is 9.55 Å². The first-order valence-corrected chi connectivity index (χ1v) is 9.65. The summed E-state index contributed by atoms with van der Waals surface area (Å²) >= 11 is 0. The quantitative estimate of drug-likeness (QED) is 0.572. The number of fused-ring (bicyclic) bond motifs is 2. The van der Waals surface area contributed by atoms with Crippen molar-refractivity contribution < 1.29 is 4.74 Å². The van der Waals surface area contributed by atoms with E-state index in [9.17, 15) is 4.79 Å². The molecule has 1 atom stereocenters. The Balaban J connectivity index is 1.53. The molecule has 1 unspecified atom stereocenters. The standard InChI is InChI=1S/C21H23N5O2/c1-21(2)9-13(4-6-28-21)12-26-17-8-16(11-24-19(17)25-20(26)27)15-7-14-3-5-22-18(14)23-10-15/h3,5,7-8,10-11,13H,4,6,9,12H2,1-2H3,(H,22,23)(H,24,25,27). The molecule has 0 radical (unpaired) electrons. The van der Waals surface area contributed by atoms with Gasteiger partial charge in [0, 0.05) is 48.3 Å². The normalized spacial score (nSPS) is 19.4. The Morgan fingerprint density at radius 3 is 2.82 bits per heavy atom. The fourth-order valence-electron chi connectivity index (χ4n) is 4.24. The third kappa shape index (κ3) is 3.01. The predicted molar refractivity (Wildman–Crippen MR) is 108 cm³/mol. The summed E-state index contributed by atoms with van der Waals surface area (Å²) in [6.07, 6.45) is 7.40. The van der Waals surface area contributed by atoms with Gasteiger partial charge in [0.15, 0.2) is 5.65 Å². The van der Waals surface area contributed by atoms with Crippen molar-refractivity contribution in [2.75, 3.05) is 6.61 Å². The van der Waals surface area contributed by atoms with Crippen LogP contribution in [0.15, 0.2) is 41.6 Å². The van der Waals surface area contributed by atoms with Gasteiger partial charge in [0.25, 0.3) is 0 Å². The Labute approximate surface area is 161 Å². The minimum atomic E-state index is -0.139. The molecule has 0 saturated carbocycles. The number of pyridine rings is 2. The molecule has 0 spiro atoms. The lowest BCUT2D eigenvalue weighted by molar-refractivity contribution is -0.0747. The molecule has 4 aromatic rings. The number of hydrogen-bond donors (Lipinski definition) is 2. The number of aromatic nitrogens is 5. The molecule has 0 aromatic carbocycles. The largest absolute Gasteiger partial charge is 0.376 e. The van der Waals surface area contributed by atoms with Crippen LogP contribution in [0.5, 0.6) is 0 Å². The number of H-pyrrole nitrogens is 2. The van der Waals surface area contributed by atoms with E-state index in [1.807, 2.05) is 29.1 Å². The zero-order valence-corrected chi connectivity index (χ0v) is 16.0. The van der Waals surface area contributed by atoms with Crippen LogP contribution < -0.4 is 5.69 Å². The second-order valence-electron chi connectivity index (χ2n) is 8.24. The highest BCUT2D eigenvalue weighted by molar-refractivity contribution is 5.84. The molecule has 2 N–H and O–H groups in total. The molecule has 5 heterocycles. The van der Waals surface area contributed by atoms with Gasteiger partial charge < -0.3 is 9.72 Å². The lowest BCUT2D eigenvalue weighted by atomic mass is 9.88. The summed E-state index contributed by atoms with van der Waals surface area (Å²) in [6, 6.07) is 6.11. The van der Waals surface area contributed by atoms with E-state index in [1.54, 1.807) is 6.20 Å². The van der Waals surface area contributed by atoms with E-state index in [4.69, 9.17) is 4.74 Å². The third-order valence-corrected chi connectivity index (χ3v) is 5.60. The van der Waals surface area contributed by atoms with Crippen molar-refractivity contribution in [3.05, 3.63) is 47.3 Å². The number of nitrogens with one attached hydrogen (secondary N) is 2. The fourth-order valence-corrected chi connectivity index (χ4v) is 4.24. The van der Waals surface area contributed by atoms with Gasteiger partial charge >= 0.3 is 5.69 Å². The zero-order chi connectivity index (χ0) is 19.3. The number of aromatic amines is 2. The molecule has 7 heteroatoms. The van der Waals surface area contributed by atoms with E-state index >= 15 is 0 Å². The Kier molecular flexibility index (Phi) is 3.87. The first-order valence-electron chi connectivity index (χ1n) is 9.65. The molecule has 1 saturated heterocycles. The van der Waals surface area contributed by atoms with Crippen molar-refractivity contribution in [3.8, 4) is 11.1 Å². The van der Waals surface area contributed by atoms with Crippen molar-refractivity contribution in [2.45, 2.75) is 38.8 Å². The Morgan fingerprint density at radius 1 is 1.21 bits per heavy atom. The van der Waals surface area contributed by atoms with Crippen LogP contribution in [0.4, 0.5) is 0 Å². The summed E-state index contributed by atoms with van der Waals surface area (Å²) in [5, 5.41) is 1.05. The van der Waals surface area contributed by atoms with Crippen LogP contribution in [0.25, 0.3) is 33.3 Å². The van der Waals surface area contributed by atoms with Gasteiger partial charge in [0.1, 0.15) is 5.65 Å². The first-order chi connectivity index (χ1) is 13.5. The second kappa shape index (κ2) is 6.31. The SMILES string of the molecule is CC1(C)CC(Cn2c(=O)[nH]c3ncc(-c4cnc5[nH]ccc5c4)cc32)CCO1. The van der Waals surface area contributed by atoms with Crippen molar-refractivity contribution in [2.24, 2.45) is 5.92 Å². The highest BCUT2D eigenvalue weighted by Crippen LogP contribution is 2.30. The molecular weight excluding hydrogens is 354 g/mol. The molecule has 4 aromatic heterocycles. The first kappa shape index (κ1) is 17.2. The van der Waals surface area contributed by atoms with Crippen molar-refractivity contribution in [1.29, 1.82) is 0 Å². The molecule has 7 nitrogen and oxygen atoms in total. The Morgan fingerprint density at radius 2 is 2.00 bits per heavy atom. The minimum absolute atomic E-state index is 0.108. The van der Waals surface area contributed by atoms with E-state index in [1.165, 1.54) is 0 Å². The van der Waals surface area contributed by atoms with Gasteiger partial charge in [0.2, 0.25) is 0 Å². The summed E-state index contributed by atoms with van der Waals surface area (Å²) < 4.78 is 7.64. The molecule has 28 heavy (non-hydrogen) atoms. The van der Waals surface area contributed by atoms with Gasteiger partial charge in [-0.15, -0.1) is 0 Å². The Hall–Kier alpha value is -2.93. The summed E-state index contributed by atoms with van der Waals surface area (Å²) in [5.41, 5.74) is 4.00. The number of hydrogen-bond acceptors (Lipinski definition) is 4. The van der Waals surface area contributed by atoms with Crippen LogP contribution in [0.3, 0.4) is 0 Å². The highest BCUT2D eigenvalue weighted by Gasteiger charge is 2.29. The molecule has 0 amide bonds. The van der Waals surface area contributed by atoms with Gasteiger partial charge in [-0.2, -0.15) is 0 Å². The van der Waals surface area contributed by atoms with E-state index in [0.29, 0.717) is 18.1 Å². The topological polar surface area (TPSA) is 88.6 Å². The summed E-state index contributed by atoms with van der Waals surface area (Å²) in [7, 11) is 0. The average molecular weight is 377 g/mol. The molecular formula is C21H23N5O2. The monoisotopic (exact) mass is 377 g/mol. The maximum absolute atomic E-state index is 12.6. The molecule has 5 rings (SSSR count). The number of ether oxygens (including phenoxy) is 1. The number of nitrogens with zero attached hydrogens (tertiary/aromatic N) is 3. The average Bonchev–Trinajstić information content (AvgIpc) is 3.24. The van der Waals surface area contributed by atoms with Crippen LogP contribution in [0, 0.1) is 5.92 Å². The maximum Gasteiger partial charge on any atom is 0.327 e. The molecule has 1 fully saturated rings. The summed E-state index contributed by atoms with van der Waals surface area (Å²) in [6.45, 7) is 5.63. The van der Waals surface area contributed by atoms with Crippen LogP contribution >= 0.6 is 0 Å². The molecule has 144 valence electrons. The highest BCUT2D eigenvalue weighted by atomic mass is 16.5. The third-order valence-electron chi connectivity index (χ3n) is 5.60. The smallest absolute Gasteiger partial charge is 0.327 e. The predicted octanol–water partition coefficient (Wildman–Crippen LogP) is 3.47. The van der Waals surface area contributed by atoms with Gasteiger partial charge in [0.05, 0.1) is 11.1 Å². The molecule has 0 bridgehead atoms. The van der Waals surface area contributed by atoms with Crippen LogP contribution in [-0.4, -0.2) is 36.7 Å². The molecule has 0 aliphatic carbocycles. The number of imidazole rings is 1. The summed E-state index contributed by atoms with van der Waals surface area (Å²) in [5.74, 6) is 0.405. The second-order valence-corrected chi connectivity index (χ2v) is 8.24. The van der Waals surface area contributed by atoms with Gasteiger partial charge in [-0.25, -0.2) is 14.8 Å². The van der Waals surface area contributed by atoms with Crippen LogP contribution in [-0.2, 0) is 11.3 Å². The fraction of sp³-hybridized carbons (Fsp3) is 0.381. The van der Waals surface area contributed by atoms with E-state index in [0.717, 1.165) is 47.1 Å². The summed E-state index contributed by atoms with van der Waals surface area (Å²) in [4.78, 5) is 27.5. The lowest BCUT2D eigenvalue weighted by Gasteiger charge is -2.35. The van der Waals surface area contributed by atoms with E-state index in [-0.39, 0.29) is 11.3 Å².